The molecule has 1 saturated heterocycles. The lowest BCUT2D eigenvalue weighted by atomic mass is 10.1. The lowest BCUT2D eigenvalue weighted by molar-refractivity contribution is -0.135. The molecule has 0 saturated carbocycles. The number of nitrogens with zero attached hydrogens (tertiary/aromatic N) is 2. The Morgan fingerprint density at radius 1 is 1.08 bits per heavy atom. The second kappa shape index (κ2) is 7.78. The van der Waals surface area contributed by atoms with Gasteiger partial charge in [-0.15, -0.1) is 11.6 Å². The number of carbonyl (C=O) groups is 1. The van der Waals surface area contributed by atoms with Gasteiger partial charge >= 0.3 is 0 Å². The van der Waals surface area contributed by atoms with E-state index in [-0.39, 0.29) is 16.7 Å². The van der Waals surface area contributed by atoms with E-state index in [0.717, 1.165) is 11.1 Å². The average Bonchev–Trinajstić information content (AvgIpc) is 2.67. The van der Waals surface area contributed by atoms with Crippen LogP contribution in [0.3, 0.4) is 0 Å². The van der Waals surface area contributed by atoms with Crippen molar-refractivity contribution in [2.45, 2.75) is 24.4 Å². The summed E-state index contributed by atoms with van der Waals surface area (Å²) in [6.07, 6.45) is -0.126. The molecule has 0 radical (unpaired) electrons. The van der Waals surface area contributed by atoms with E-state index in [1.165, 1.54) is 4.31 Å². The number of halogens is 1. The second-order valence-electron chi connectivity index (χ2n) is 6.29. The molecule has 0 aliphatic carbocycles. The van der Waals surface area contributed by atoms with E-state index in [9.17, 15) is 13.2 Å². The molecule has 1 atom stereocenters. The molecule has 1 aliphatic rings. The maximum Gasteiger partial charge on any atom is 0.245 e. The summed E-state index contributed by atoms with van der Waals surface area (Å²) in [4.78, 5) is 14.2. The molecule has 2 aromatic carbocycles. The number of hydrogen-bond donors (Lipinski definition) is 0. The van der Waals surface area contributed by atoms with Crippen LogP contribution in [0, 0.1) is 6.92 Å². The summed E-state index contributed by atoms with van der Waals surface area (Å²) >= 11 is 5.78. The van der Waals surface area contributed by atoms with E-state index in [2.05, 4.69) is 0 Å². The Labute approximate surface area is 159 Å². The van der Waals surface area contributed by atoms with Crippen LogP contribution in [0.2, 0.25) is 0 Å². The first-order valence-corrected chi connectivity index (χ1v) is 10.4. The molecule has 1 amide bonds. The van der Waals surface area contributed by atoms with Crippen molar-refractivity contribution in [3.05, 3.63) is 65.7 Å². The molecule has 26 heavy (non-hydrogen) atoms. The fourth-order valence-electron chi connectivity index (χ4n) is 3.20. The van der Waals surface area contributed by atoms with Gasteiger partial charge in [0.05, 0.1) is 4.90 Å². The number of aryl methyl sites for hydroxylation is 1. The van der Waals surface area contributed by atoms with Gasteiger partial charge in [-0.25, -0.2) is 8.42 Å². The van der Waals surface area contributed by atoms with E-state index >= 15 is 0 Å². The van der Waals surface area contributed by atoms with Gasteiger partial charge in [-0.05, 0) is 31.0 Å². The Morgan fingerprint density at radius 2 is 1.73 bits per heavy atom. The lowest BCUT2D eigenvalue weighted by Gasteiger charge is -2.43. The summed E-state index contributed by atoms with van der Waals surface area (Å²) in [5, 5.41) is 0. The number of alkyl halides is 1. The summed E-state index contributed by atoms with van der Waals surface area (Å²) in [6.45, 7) is 2.73. The third kappa shape index (κ3) is 3.63. The zero-order valence-corrected chi connectivity index (χ0v) is 16.1. The number of hydrogen-bond acceptors (Lipinski definition) is 3. The number of sulfonamides is 1. The SMILES string of the molecule is Cc1ccc(S(=O)(=O)N2CCCN(C(=O)CCl)[C@H]2c2ccccc2)cc1. The van der Waals surface area contributed by atoms with E-state index < -0.39 is 16.2 Å². The summed E-state index contributed by atoms with van der Waals surface area (Å²) in [5.41, 5.74) is 1.74. The topological polar surface area (TPSA) is 57.7 Å². The summed E-state index contributed by atoms with van der Waals surface area (Å²) in [5.74, 6) is -0.453. The summed E-state index contributed by atoms with van der Waals surface area (Å²) < 4.78 is 28.0. The van der Waals surface area contributed by atoms with Gasteiger partial charge in [-0.3, -0.25) is 4.79 Å². The fourth-order valence-corrected chi connectivity index (χ4v) is 4.98. The van der Waals surface area contributed by atoms with Crippen LogP contribution in [0.1, 0.15) is 23.7 Å². The molecule has 1 fully saturated rings. The average molecular weight is 393 g/mol. The van der Waals surface area contributed by atoms with E-state index in [0.29, 0.717) is 19.5 Å². The van der Waals surface area contributed by atoms with Gasteiger partial charge in [-0.1, -0.05) is 48.0 Å². The molecule has 0 N–H and O–H groups in total. The van der Waals surface area contributed by atoms with Crippen LogP contribution in [-0.4, -0.2) is 42.5 Å². The van der Waals surface area contributed by atoms with Gasteiger partial charge in [0.2, 0.25) is 15.9 Å². The zero-order chi connectivity index (χ0) is 18.7. The maximum atomic E-state index is 13.3. The van der Waals surface area contributed by atoms with Crippen LogP contribution in [0.15, 0.2) is 59.5 Å². The van der Waals surface area contributed by atoms with Crippen LogP contribution >= 0.6 is 11.6 Å². The van der Waals surface area contributed by atoms with Gasteiger partial charge in [0, 0.05) is 13.1 Å². The molecule has 1 aliphatic heterocycles. The number of rotatable bonds is 4. The standard InChI is InChI=1S/C19H21ClN2O3S/c1-15-8-10-17(11-9-15)26(24,25)22-13-5-12-21(18(23)14-20)19(22)16-6-3-2-4-7-16/h2-4,6-11,19H,5,12-14H2,1H3/t19-/m1/s1. The Balaban J connectivity index is 2.07. The molecule has 0 unspecified atom stereocenters. The minimum atomic E-state index is -3.75. The zero-order valence-electron chi connectivity index (χ0n) is 14.5. The highest BCUT2D eigenvalue weighted by atomic mass is 35.5. The van der Waals surface area contributed by atoms with Crippen LogP contribution in [0.25, 0.3) is 0 Å². The monoisotopic (exact) mass is 392 g/mol. The molecule has 2 aromatic rings. The minimum Gasteiger partial charge on any atom is -0.321 e. The summed E-state index contributed by atoms with van der Waals surface area (Å²) in [7, 11) is -3.75. The quantitative estimate of drug-likeness (QED) is 0.751. The first kappa shape index (κ1) is 18.9. The first-order valence-electron chi connectivity index (χ1n) is 8.44. The molecule has 0 aromatic heterocycles. The Bertz CT molecular complexity index is 869. The van der Waals surface area contributed by atoms with Gasteiger partial charge in [0.1, 0.15) is 12.0 Å². The predicted molar refractivity (Wildman–Crippen MR) is 101 cm³/mol. The smallest absolute Gasteiger partial charge is 0.245 e. The van der Waals surface area contributed by atoms with Crippen LogP contribution < -0.4 is 0 Å². The van der Waals surface area contributed by atoms with Crippen LogP contribution in [-0.2, 0) is 14.8 Å². The molecule has 5 nitrogen and oxygen atoms in total. The molecular formula is C19H21ClN2O3S. The molecule has 7 heteroatoms. The molecule has 138 valence electrons. The van der Waals surface area contributed by atoms with Crippen molar-refractivity contribution >= 4 is 27.5 Å². The van der Waals surface area contributed by atoms with Crippen molar-refractivity contribution < 1.29 is 13.2 Å². The third-order valence-corrected chi connectivity index (χ3v) is 6.60. The minimum absolute atomic E-state index is 0.179. The highest BCUT2D eigenvalue weighted by molar-refractivity contribution is 7.89. The van der Waals surface area contributed by atoms with E-state index in [1.54, 1.807) is 29.2 Å². The predicted octanol–water partition coefficient (Wildman–Crippen LogP) is 3.16. The normalized spacial score (nSPS) is 18.7. The van der Waals surface area contributed by atoms with Crippen molar-refractivity contribution in [1.29, 1.82) is 0 Å². The number of benzene rings is 2. The highest BCUT2D eigenvalue weighted by Crippen LogP contribution is 2.34. The van der Waals surface area contributed by atoms with Crippen molar-refractivity contribution in [1.82, 2.24) is 9.21 Å². The molecule has 0 spiro atoms. The summed E-state index contributed by atoms with van der Waals surface area (Å²) in [6, 6.07) is 16.0. The van der Waals surface area contributed by atoms with E-state index in [1.807, 2.05) is 37.3 Å². The van der Waals surface area contributed by atoms with Crippen molar-refractivity contribution in [2.75, 3.05) is 19.0 Å². The number of carbonyl (C=O) groups excluding carboxylic acids is 1. The van der Waals surface area contributed by atoms with Gasteiger partial charge < -0.3 is 4.90 Å². The first-order chi connectivity index (χ1) is 12.4. The molecule has 0 bridgehead atoms. The van der Waals surface area contributed by atoms with Gasteiger partial charge in [-0.2, -0.15) is 4.31 Å². The van der Waals surface area contributed by atoms with E-state index in [4.69, 9.17) is 11.6 Å². The van der Waals surface area contributed by atoms with Crippen molar-refractivity contribution in [2.24, 2.45) is 0 Å². The second-order valence-corrected chi connectivity index (χ2v) is 8.45. The lowest BCUT2D eigenvalue weighted by Crippen LogP contribution is -2.52. The molecule has 1 heterocycles. The van der Waals surface area contributed by atoms with Crippen molar-refractivity contribution in [3.8, 4) is 0 Å². The fraction of sp³-hybridized carbons (Fsp3) is 0.316. The van der Waals surface area contributed by atoms with Crippen LogP contribution in [0.5, 0.6) is 0 Å². The third-order valence-electron chi connectivity index (χ3n) is 4.51. The van der Waals surface area contributed by atoms with Gasteiger partial charge in [0.15, 0.2) is 0 Å². The number of amides is 1. The Hall–Kier alpha value is -1.89. The molecule has 3 rings (SSSR count). The Morgan fingerprint density at radius 3 is 2.35 bits per heavy atom. The van der Waals surface area contributed by atoms with Gasteiger partial charge in [0.25, 0.3) is 0 Å². The Kier molecular flexibility index (Phi) is 5.65. The van der Waals surface area contributed by atoms with Crippen molar-refractivity contribution in [3.63, 3.8) is 0 Å². The molecular weight excluding hydrogens is 372 g/mol. The maximum absolute atomic E-state index is 13.3. The largest absolute Gasteiger partial charge is 0.321 e. The van der Waals surface area contributed by atoms with Crippen LogP contribution in [0.4, 0.5) is 0 Å². The highest BCUT2D eigenvalue weighted by Gasteiger charge is 2.40.